The zero-order chi connectivity index (χ0) is 42.4. The molecule has 8 nitrogen and oxygen atoms in total. The van der Waals surface area contributed by atoms with Crippen LogP contribution in [0.3, 0.4) is 0 Å². The monoisotopic (exact) mass is 748 g/mol. The molecule has 53 heavy (non-hydrogen) atoms. The zero-order valence-corrected chi connectivity index (χ0v) is 33.4. The predicted molar refractivity (Wildman–Crippen MR) is 239 cm³/mol. The Balaban J connectivity index is -0.000000375. The summed E-state index contributed by atoms with van der Waals surface area (Å²) in [6.45, 7) is 55.1. The number of hydrogen-bond donors (Lipinski definition) is 2. The van der Waals surface area contributed by atoms with E-state index in [1.54, 1.807) is 4.57 Å². The summed E-state index contributed by atoms with van der Waals surface area (Å²) < 4.78 is 3.17. The normalized spacial score (nSPS) is 12.6. The second kappa shape index (κ2) is 39.5. The first-order valence-electron chi connectivity index (χ1n) is 17.2. The van der Waals surface area contributed by atoms with Crippen molar-refractivity contribution in [3.63, 3.8) is 0 Å². The molecule has 3 aromatic rings. The van der Waals surface area contributed by atoms with Crippen LogP contribution in [0.2, 0.25) is 0 Å². The van der Waals surface area contributed by atoms with Crippen LogP contribution in [0, 0.1) is 11.8 Å². The van der Waals surface area contributed by atoms with E-state index in [-0.39, 0.29) is 11.2 Å². The number of H-pyrrole nitrogens is 1. The van der Waals surface area contributed by atoms with E-state index in [4.69, 9.17) is 10.1 Å². The number of carboxylic acid groups (broad SMARTS) is 1. The first-order chi connectivity index (χ1) is 26.0. The van der Waals surface area contributed by atoms with Crippen molar-refractivity contribution in [2.45, 2.75) is 77.3 Å². The second-order valence-electron chi connectivity index (χ2n) is 9.97. The minimum absolute atomic E-state index is 0.243. The molecule has 0 atom stereocenters. The van der Waals surface area contributed by atoms with Crippen molar-refractivity contribution in [1.82, 2.24) is 19.1 Å². The maximum absolute atomic E-state index is 13.7. The van der Waals surface area contributed by atoms with Gasteiger partial charge in [-0.1, -0.05) is 38.5 Å². The number of carboxylic acids is 1. The van der Waals surface area contributed by atoms with E-state index in [9.17, 15) is 14.4 Å². The summed E-state index contributed by atoms with van der Waals surface area (Å²) in [5, 5.41) is 8.89. The van der Waals surface area contributed by atoms with Crippen molar-refractivity contribution < 1.29 is 9.90 Å². The van der Waals surface area contributed by atoms with Crippen molar-refractivity contribution in [2.75, 3.05) is 0 Å². The maximum atomic E-state index is 13.7. The molecule has 2 fully saturated rings. The molecule has 2 aliphatic carbocycles. The highest BCUT2D eigenvalue weighted by molar-refractivity contribution is 7.16. The largest absolute Gasteiger partial charge is 0.478 e. The number of thiophene rings is 1. The molecule has 0 aromatic carbocycles. The third-order valence-corrected chi connectivity index (χ3v) is 8.50. The van der Waals surface area contributed by atoms with Gasteiger partial charge in [-0.3, -0.25) is 13.9 Å². The minimum Gasteiger partial charge on any atom is -0.478 e. The molecule has 2 saturated carbocycles. The summed E-state index contributed by atoms with van der Waals surface area (Å²) in [5.41, 5.74) is 0.267. The van der Waals surface area contributed by atoms with Gasteiger partial charge in [0.05, 0.1) is 4.88 Å². The molecule has 0 unspecified atom stereocenters. The molecule has 3 aromatic heterocycles. The number of imidazole rings is 1. The molecule has 0 saturated heterocycles. The van der Waals surface area contributed by atoms with E-state index in [0.717, 1.165) is 54.4 Å². The van der Waals surface area contributed by atoms with E-state index < -0.39 is 5.97 Å². The third-order valence-electron chi connectivity index (χ3n) is 7.44. The number of fused-ring (bicyclic) bond motifs is 1. The number of nitrogens with zero attached hydrogens (tertiary/aromatic N) is 3. The summed E-state index contributed by atoms with van der Waals surface area (Å²) in [6.07, 6.45) is 14.1. The van der Waals surface area contributed by atoms with Crippen molar-refractivity contribution in [1.29, 1.82) is 0 Å². The summed E-state index contributed by atoms with van der Waals surface area (Å²) in [5.74, 6) is 0.302. The molecular weight excluding hydrogens is 681 g/mol. The Morgan fingerprint density at radius 2 is 1.11 bits per heavy atom. The number of carbonyl (C=O) groups is 1. The summed E-state index contributed by atoms with van der Waals surface area (Å²) in [4.78, 5) is 47.5. The van der Waals surface area contributed by atoms with E-state index in [1.165, 1.54) is 47.7 Å². The standard InChI is InChI=1S/C26H32N4O4S.9C2H4/c31-21(32)14-12-19-11-13-20(35-19)23-27-22-24(28-23)29(15-17-7-3-1-4-8-17)26(34)30(25(22)33)16-18-9-5-2-6-10-18;9*1-2/h11-14,17-18H,1-10,15-16H2,(H,27,28)(H,31,32);9*1-2H2/b14-12+;;;;;;;;;. The van der Waals surface area contributed by atoms with Gasteiger partial charge >= 0.3 is 11.7 Å². The predicted octanol–water partition coefficient (Wildman–Crippen LogP) is 12.1. The minimum atomic E-state index is -1.01. The van der Waals surface area contributed by atoms with E-state index >= 15 is 0 Å². The van der Waals surface area contributed by atoms with Crippen LogP contribution in [0.4, 0.5) is 0 Å². The lowest BCUT2D eigenvalue weighted by Crippen LogP contribution is -2.42. The SMILES string of the molecule is C=C.C=C.C=C.C=C.C=C.C=C.C=C.C=C.C=C.O=C(O)/C=C/c1ccc(-c2nc3c([nH]2)c(=O)n(CC2CCCCC2)c(=O)n3CC2CCCCC2)s1. The number of aromatic nitrogens is 4. The Kier molecular flexibility index (Phi) is 42.5. The van der Waals surface area contributed by atoms with Gasteiger partial charge in [0, 0.05) is 24.0 Å². The lowest BCUT2D eigenvalue weighted by Gasteiger charge is -2.24. The average molecular weight is 749 g/mol. The fourth-order valence-electron chi connectivity index (χ4n) is 5.59. The summed E-state index contributed by atoms with van der Waals surface area (Å²) in [7, 11) is 0. The van der Waals surface area contributed by atoms with Crippen LogP contribution in [0.1, 0.15) is 69.1 Å². The van der Waals surface area contributed by atoms with Crippen LogP contribution < -0.4 is 11.2 Å². The quantitative estimate of drug-likeness (QED) is 0.185. The van der Waals surface area contributed by atoms with Gasteiger partial charge in [-0.2, -0.15) is 0 Å². The Morgan fingerprint density at radius 1 is 0.698 bits per heavy atom. The maximum Gasteiger partial charge on any atom is 0.332 e. The average Bonchev–Trinajstić information content (AvgIpc) is 3.93. The van der Waals surface area contributed by atoms with Gasteiger partial charge in [-0.25, -0.2) is 14.6 Å². The zero-order valence-electron chi connectivity index (χ0n) is 32.6. The number of nitrogens with one attached hydrogen (secondary N) is 1. The molecule has 9 heteroatoms. The topological polar surface area (TPSA) is 110 Å². The molecule has 5 rings (SSSR count). The van der Waals surface area contributed by atoms with Crippen LogP contribution in [-0.2, 0) is 17.9 Å². The Bertz CT molecular complexity index is 1480. The number of hydrogen-bond acceptors (Lipinski definition) is 5. The molecule has 0 aliphatic heterocycles. The van der Waals surface area contributed by atoms with Gasteiger partial charge in [-0.15, -0.1) is 130 Å². The lowest BCUT2D eigenvalue weighted by atomic mass is 9.89. The van der Waals surface area contributed by atoms with Crippen LogP contribution in [0.5, 0.6) is 0 Å². The van der Waals surface area contributed by atoms with E-state index in [0.29, 0.717) is 41.9 Å². The second-order valence-corrected chi connectivity index (χ2v) is 11.1. The van der Waals surface area contributed by atoms with Crippen LogP contribution in [0.15, 0.2) is 146 Å². The lowest BCUT2D eigenvalue weighted by molar-refractivity contribution is -0.131. The Labute approximate surface area is 324 Å². The molecule has 0 radical (unpaired) electrons. The highest BCUT2D eigenvalue weighted by Crippen LogP contribution is 2.30. The first kappa shape index (κ1) is 57.1. The molecule has 3 heterocycles. The van der Waals surface area contributed by atoms with Gasteiger partial charge in [-0.05, 0) is 55.7 Å². The van der Waals surface area contributed by atoms with Crippen molar-refractivity contribution in [3.8, 4) is 10.7 Å². The van der Waals surface area contributed by atoms with Gasteiger partial charge in [0.15, 0.2) is 11.5 Å². The number of aromatic amines is 1. The Hall–Kier alpha value is -5.28. The van der Waals surface area contributed by atoms with E-state index in [1.807, 2.05) is 12.1 Å². The molecule has 0 amide bonds. The fourth-order valence-corrected chi connectivity index (χ4v) is 6.44. The van der Waals surface area contributed by atoms with Crippen molar-refractivity contribution in [2.24, 2.45) is 11.8 Å². The highest BCUT2D eigenvalue weighted by Gasteiger charge is 2.24. The van der Waals surface area contributed by atoms with Crippen LogP contribution in [0.25, 0.3) is 27.9 Å². The third kappa shape index (κ3) is 19.8. The summed E-state index contributed by atoms with van der Waals surface area (Å²) in [6, 6.07) is 3.68. The van der Waals surface area contributed by atoms with Gasteiger partial charge < -0.3 is 10.1 Å². The number of rotatable bonds is 7. The molecule has 0 bridgehead atoms. The fraction of sp³-hybridized carbons (Fsp3) is 0.318. The Morgan fingerprint density at radius 3 is 1.53 bits per heavy atom. The molecule has 2 aliphatic rings. The van der Waals surface area contributed by atoms with Gasteiger partial charge in [0.25, 0.3) is 5.56 Å². The van der Waals surface area contributed by atoms with Gasteiger partial charge in [0.2, 0.25) is 0 Å². The van der Waals surface area contributed by atoms with E-state index in [2.05, 4.69) is 123 Å². The number of aliphatic carboxylic acids is 1. The molecular formula is C44H68N4O4S. The van der Waals surface area contributed by atoms with Crippen LogP contribution >= 0.6 is 11.3 Å². The first-order valence-corrected chi connectivity index (χ1v) is 18.1. The highest BCUT2D eigenvalue weighted by atomic mass is 32.1. The van der Waals surface area contributed by atoms with Crippen molar-refractivity contribution >= 4 is 34.5 Å². The van der Waals surface area contributed by atoms with Gasteiger partial charge in [0.1, 0.15) is 5.52 Å². The molecule has 294 valence electrons. The molecule has 0 spiro atoms. The van der Waals surface area contributed by atoms with Crippen molar-refractivity contribution in [3.05, 3.63) is 162 Å². The molecule has 2 N–H and O–H groups in total. The smallest absolute Gasteiger partial charge is 0.332 e. The van der Waals surface area contributed by atoms with Crippen LogP contribution in [-0.4, -0.2) is 30.2 Å². The summed E-state index contributed by atoms with van der Waals surface area (Å²) >= 11 is 1.39.